The molecule has 0 saturated heterocycles. The molecule has 3 rings (SSSR count). The number of nitrogens with zero attached hydrogens (tertiary/aromatic N) is 1. The minimum atomic E-state index is -1.04. The number of hydrogen-bond donors (Lipinski definition) is 3. The van der Waals surface area contributed by atoms with Crippen LogP contribution in [0.2, 0.25) is 0 Å². The maximum atomic E-state index is 11.3. The van der Waals surface area contributed by atoms with Crippen molar-refractivity contribution in [1.29, 1.82) is 0 Å². The van der Waals surface area contributed by atoms with Gasteiger partial charge in [-0.25, -0.2) is 4.79 Å². The second-order valence-electron chi connectivity index (χ2n) is 4.69. The Morgan fingerprint density at radius 1 is 1.14 bits per heavy atom. The predicted octanol–water partition coefficient (Wildman–Crippen LogP) is 2.49. The summed E-state index contributed by atoms with van der Waals surface area (Å²) in [7, 11) is 0. The lowest BCUT2D eigenvalue weighted by atomic mass is 10.0. The molecule has 0 aliphatic rings. The van der Waals surface area contributed by atoms with Crippen LogP contribution in [0.15, 0.2) is 42.6 Å². The van der Waals surface area contributed by atoms with Crippen molar-refractivity contribution in [1.82, 2.24) is 4.98 Å². The molecule has 0 bridgehead atoms. The molecule has 5 nitrogen and oxygen atoms in total. The molecule has 0 atom stereocenters. The van der Waals surface area contributed by atoms with Crippen LogP contribution < -0.4 is 5.32 Å². The van der Waals surface area contributed by atoms with Crippen molar-refractivity contribution in [3.63, 3.8) is 0 Å². The topological polar surface area (TPSA) is 82.5 Å². The third-order valence-electron chi connectivity index (χ3n) is 3.41. The lowest BCUT2D eigenvalue weighted by molar-refractivity contribution is 0.0697. The lowest BCUT2D eigenvalue weighted by Gasteiger charge is -2.13. The van der Waals surface area contributed by atoms with E-state index in [2.05, 4.69) is 10.3 Å². The first-order chi connectivity index (χ1) is 10.2. The Bertz CT molecular complexity index is 830. The van der Waals surface area contributed by atoms with E-state index < -0.39 is 5.97 Å². The van der Waals surface area contributed by atoms with Crippen LogP contribution in [0.25, 0.3) is 21.7 Å². The number of nitrogens with one attached hydrogen (secondary N) is 1. The Morgan fingerprint density at radius 2 is 1.95 bits per heavy atom. The molecule has 0 unspecified atom stereocenters. The SMILES string of the molecule is O=C(O)c1cnc2c(ccc3ccccc32)c1NCCO. The molecule has 2 aromatic carbocycles. The number of rotatable bonds is 4. The molecule has 5 heteroatoms. The fourth-order valence-electron chi connectivity index (χ4n) is 2.47. The molecule has 0 fully saturated rings. The molecule has 106 valence electrons. The Kier molecular flexibility index (Phi) is 3.41. The van der Waals surface area contributed by atoms with E-state index in [9.17, 15) is 9.90 Å². The first-order valence-corrected chi connectivity index (χ1v) is 6.61. The van der Waals surface area contributed by atoms with Crippen LogP contribution in [0.1, 0.15) is 10.4 Å². The molecule has 0 aliphatic carbocycles. The van der Waals surface area contributed by atoms with Gasteiger partial charge in [-0.2, -0.15) is 0 Å². The summed E-state index contributed by atoms with van der Waals surface area (Å²) in [6, 6.07) is 11.6. The average Bonchev–Trinajstić information content (AvgIpc) is 2.51. The van der Waals surface area contributed by atoms with Crippen LogP contribution in [0.4, 0.5) is 5.69 Å². The van der Waals surface area contributed by atoms with E-state index in [1.807, 2.05) is 36.4 Å². The van der Waals surface area contributed by atoms with Crippen LogP contribution in [0.3, 0.4) is 0 Å². The summed E-state index contributed by atoms with van der Waals surface area (Å²) in [4.78, 5) is 15.7. The van der Waals surface area contributed by atoms with Gasteiger partial charge in [0.05, 0.1) is 17.8 Å². The molecule has 1 aromatic heterocycles. The summed E-state index contributed by atoms with van der Waals surface area (Å²) in [6.07, 6.45) is 1.36. The first-order valence-electron chi connectivity index (χ1n) is 6.61. The van der Waals surface area contributed by atoms with E-state index in [1.54, 1.807) is 0 Å². The molecule has 0 saturated carbocycles. The van der Waals surface area contributed by atoms with Gasteiger partial charge in [0.2, 0.25) is 0 Å². The largest absolute Gasteiger partial charge is 0.478 e. The Balaban J connectivity index is 2.34. The van der Waals surface area contributed by atoms with E-state index in [0.29, 0.717) is 5.69 Å². The number of pyridine rings is 1. The van der Waals surface area contributed by atoms with Crippen LogP contribution in [-0.4, -0.2) is 34.3 Å². The van der Waals surface area contributed by atoms with Gasteiger partial charge in [-0.15, -0.1) is 0 Å². The zero-order valence-electron chi connectivity index (χ0n) is 11.2. The summed E-state index contributed by atoms with van der Waals surface area (Å²) < 4.78 is 0. The zero-order chi connectivity index (χ0) is 14.8. The quantitative estimate of drug-likeness (QED) is 0.640. The van der Waals surface area contributed by atoms with E-state index >= 15 is 0 Å². The summed E-state index contributed by atoms with van der Waals surface area (Å²) in [5, 5.41) is 24.0. The highest BCUT2D eigenvalue weighted by Crippen LogP contribution is 2.31. The minimum absolute atomic E-state index is 0.0730. The molecule has 0 radical (unpaired) electrons. The Morgan fingerprint density at radius 3 is 2.71 bits per heavy atom. The molecule has 0 spiro atoms. The number of aromatic carboxylic acids is 1. The molecule has 0 aliphatic heterocycles. The second-order valence-corrected chi connectivity index (χ2v) is 4.69. The lowest BCUT2D eigenvalue weighted by Crippen LogP contribution is -2.11. The smallest absolute Gasteiger partial charge is 0.339 e. The summed E-state index contributed by atoms with van der Waals surface area (Å²) in [5.74, 6) is -1.04. The highest BCUT2D eigenvalue weighted by Gasteiger charge is 2.15. The first kappa shape index (κ1) is 13.3. The Labute approximate surface area is 120 Å². The van der Waals surface area contributed by atoms with Crippen LogP contribution in [-0.2, 0) is 0 Å². The molecule has 3 aromatic rings. The van der Waals surface area contributed by atoms with Crippen LogP contribution >= 0.6 is 0 Å². The number of carbonyl (C=O) groups is 1. The van der Waals surface area contributed by atoms with Crippen molar-refractivity contribution >= 4 is 33.3 Å². The third-order valence-corrected chi connectivity index (χ3v) is 3.41. The van der Waals surface area contributed by atoms with Gasteiger partial charge in [0.25, 0.3) is 0 Å². The van der Waals surface area contributed by atoms with Crippen molar-refractivity contribution in [2.75, 3.05) is 18.5 Å². The van der Waals surface area contributed by atoms with Gasteiger partial charge < -0.3 is 15.5 Å². The van der Waals surface area contributed by atoms with Gasteiger partial charge in [-0.3, -0.25) is 4.98 Å². The monoisotopic (exact) mass is 282 g/mol. The highest BCUT2D eigenvalue weighted by atomic mass is 16.4. The van der Waals surface area contributed by atoms with Crippen molar-refractivity contribution in [2.24, 2.45) is 0 Å². The maximum absolute atomic E-state index is 11.3. The fraction of sp³-hybridized carbons (Fsp3) is 0.125. The van der Waals surface area contributed by atoms with E-state index in [1.165, 1.54) is 6.20 Å². The highest BCUT2D eigenvalue weighted by molar-refractivity contribution is 6.12. The van der Waals surface area contributed by atoms with Gasteiger partial charge in [-0.1, -0.05) is 36.4 Å². The van der Waals surface area contributed by atoms with Gasteiger partial charge in [-0.05, 0) is 5.39 Å². The number of carboxylic acid groups (broad SMARTS) is 1. The maximum Gasteiger partial charge on any atom is 0.339 e. The second kappa shape index (κ2) is 5.38. The Hall–Kier alpha value is -2.66. The number of hydrogen-bond acceptors (Lipinski definition) is 4. The summed E-state index contributed by atoms with van der Waals surface area (Å²) >= 11 is 0. The average molecular weight is 282 g/mol. The molecular formula is C16H14N2O3. The van der Waals surface area contributed by atoms with Gasteiger partial charge >= 0.3 is 5.97 Å². The number of carboxylic acids is 1. The molecular weight excluding hydrogens is 268 g/mol. The zero-order valence-corrected chi connectivity index (χ0v) is 11.2. The molecule has 3 N–H and O–H groups in total. The van der Waals surface area contributed by atoms with Crippen molar-refractivity contribution in [2.45, 2.75) is 0 Å². The van der Waals surface area contributed by atoms with E-state index in [0.717, 1.165) is 21.7 Å². The van der Waals surface area contributed by atoms with Crippen molar-refractivity contribution in [3.8, 4) is 0 Å². The van der Waals surface area contributed by atoms with Crippen molar-refractivity contribution < 1.29 is 15.0 Å². The normalized spacial score (nSPS) is 10.9. The van der Waals surface area contributed by atoms with Gasteiger partial charge in [0.15, 0.2) is 0 Å². The number of anilines is 1. The number of aliphatic hydroxyl groups excluding tert-OH is 1. The number of fused-ring (bicyclic) bond motifs is 3. The summed E-state index contributed by atoms with van der Waals surface area (Å²) in [5.41, 5.74) is 1.34. The van der Waals surface area contributed by atoms with Crippen LogP contribution in [0.5, 0.6) is 0 Å². The number of benzene rings is 2. The van der Waals surface area contributed by atoms with Gasteiger partial charge in [0.1, 0.15) is 5.56 Å². The number of aromatic nitrogens is 1. The minimum Gasteiger partial charge on any atom is -0.478 e. The molecule has 0 amide bonds. The third kappa shape index (κ3) is 2.28. The van der Waals surface area contributed by atoms with Crippen LogP contribution in [0, 0.1) is 0 Å². The number of aliphatic hydroxyl groups is 1. The summed E-state index contributed by atoms with van der Waals surface area (Å²) in [6.45, 7) is 0.211. The van der Waals surface area contributed by atoms with E-state index in [-0.39, 0.29) is 18.7 Å². The fourth-order valence-corrected chi connectivity index (χ4v) is 2.47. The predicted molar refractivity (Wildman–Crippen MR) is 81.8 cm³/mol. The van der Waals surface area contributed by atoms with Gasteiger partial charge in [0, 0.05) is 23.5 Å². The molecule has 21 heavy (non-hydrogen) atoms. The van der Waals surface area contributed by atoms with E-state index in [4.69, 9.17) is 5.11 Å². The standard InChI is InChI=1S/C16H14N2O3/c19-8-7-17-15-12-6-5-10-3-1-2-4-11(10)14(12)18-9-13(15)16(20)21/h1-6,9,19H,7-8H2,(H,17,18)(H,20,21). The van der Waals surface area contributed by atoms with Crippen molar-refractivity contribution in [3.05, 3.63) is 48.2 Å². The molecule has 1 heterocycles.